The SMILES string of the molecule is Cc1cc(F)c(C(C)NC2CCC(C)(C)CC2)cc1F. The molecule has 3 heteroatoms. The minimum Gasteiger partial charge on any atom is -0.307 e. The second-order valence-electron chi connectivity index (χ2n) is 6.95. The highest BCUT2D eigenvalue weighted by molar-refractivity contribution is 5.27. The molecule has 1 aliphatic rings. The molecule has 20 heavy (non-hydrogen) atoms. The van der Waals surface area contributed by atoms with Crippen molar-refractivity contribution < 1.29 is 8.78 Å². The van der Waals surface area contributed by atoms with Gasteiger partial charge in [-0.3, -0.25) is 0 Å². The summed E-state index contributed by atoms with van der Waals surface area (Å²) in [6.07, 6.45) is 4.57. The topological polar surface area (TPSA) is 12.0 Å². The van der Waals surface area contributed by atoms with Gasteiger partial charge in [-0.1, -0.05) is 13.8 Å². The van der Waals surface area contributed by atoms with E-state index in [9.17, 15) is 8.78 Å². The van der Waals surface area contributed by atoms with E-state index < -0.39 is 0 Å². The van der Waals surface area contributed by atoms with Crippen LogP contribution in [-0.2, 0) is 0 Å². The summed E-state index contributed by atoms with van der Waals surface area (Å²) >= 11 is 0. The third kappa shape index (κ3) is 3.57. The Morgan fingerprint density at radius 2 is 1.75 bits per heavy atom. The third-order valence-corrected chi connectivity index (χ3v) is 4.57. The number of halogens is 2. The van der Waals surface area contributed by atoms with Crippen molar-refractivity contribution in [2.75, 3.05) is 0 Å². The van der Waals surface area contributed by atoms with Gasteiger partial charge in [0.1, 0.15) is 11.6 Å². The van der Waals surface area contributed by atoms with Crippen LogP contribution in [0.4, 0.5) is 8.78 Å². The van der Waals surface area contributed by atoms with Gasteiger partial charge in [0.15, 0.2) is 0 Å². The molecule has 1 nitrogen and oxygen atoms in total. The molecule has 1 fully saturated rings. The zero-order valence-electron chi connectivity index (χ0n) is 12.9. The molecule has 0 saturated heterocycles. The number of benzene rings is 1. The van der Waals surface area contributed by atoms with Crippen molar-refractivity contribution in [2.45, 2.75) is 65.5 Å². The van der Waals surface area contributed by atoms with E-state index in [-0.39, 0.29) is 17.7 Å². The Kier molecular flexibility index (Phi) is 4.48. The first-order chi connectivity index (χ1) is 9.28. The Labute approximate surface area is 120 Å². The first-order valence-corrected chi connectivity index (χ1v) is 7.50. The van der Waals surface area contributed by atoms with Gasteiger partial charge in [-0.05, 0) is 62.6 Å². The quantitative estimate of drug-likeness (QED) is 0.831. The highest BCUT2D eigenvalue weighted by Crippen LogP contribution is 2.35. The summed E-state index contributed by atoms with van der Waals surface area (Å²) in [5.74, 6) is -0.653. The van der Waals surface area contributed by atoms with Crippen molar-refractivity contribution in [3.63, 3.8) is 0 Å². The lowest BCUT2D eigenvalue weighted by Gasteiger charge is -2.36. The molecule has 0 amide bonds. The summed E-state index contributed by atoms with van der Waals surface area (Å²) in [6, 6.07) is 2.86. The number of hydrogen-bond donors (Lipinski definition) is 1. The molecule has 2 rings (SSSR count). The molecule has 0 aliphatic heterocycles. The van der Waals surface area contributed by atoms with Crippen molar-refractivity contribution in [1.29, 1.82) is 0 Å². The van der Waals surface area contributed by atoms with E-state index in [1.165, 1.54) is 25.0 Å². The van der Waals surface area contributed by atoms with E-state index in [4.69, 9.17) is 0 Å². The van der Waals surface area contributed by atoms with Crippen molar-refractivity contribution >= 4 is 0 Å². The number of rotatable bonds is 3. The molecule has 1 saturated carbocycles. The van der Waals surface area contributed by atoms with Crippen LogP contribution in [0.2, 0.25) is 0 Å². The zero-order chi connectivity index (χ0) is 14.9. The fourth-order valence-corrected chi connectivity index (χ4v) is 3.00. The molecule has 112 valence electrons. The molecule has 1 unspecified atom stereocenters. The van der Waals surface area contributed by atoms with Gasteiger partial charge in [0.05, 0.1) is 0 Å². The van der Waals surface area contributed by atoms with Gasteiger partial charge in [-0.25, -0.2) is 8.78 Å². The molecule has 0 spiro atoms. The van der Waals surface area contributed by atoms with Crippen molar-refractivity contribution in [1.82, 2.24) is 5.32 Å². The maximum absolute atomic E-state index is 14.0. The Morgan fingerprint density at radius 1 is 1.15 bits per heavy atom. The summed E-state index contributed by atoms with van der Waals surface area (Å²) in [4.78, 5) is 0. The van der Waals surface area contributed by atoms with Gasteiger partial charge in [-0.2, -0.15) is 0 Å². The van der Waals surface area contributed by atoms with Crippen molar-refractivity contribution in [2.24, 2.45) is 5.41 Å². The van der Waals surface area contributed by atoms with Crippen LogP contribution in [0.25, 0.3) is 0 Å². The van der Waals surface area contributed by atoms with Crippen LogP contribution in [0.5, 0.6) is 0 Å². The smallest absolute Gasteiger partial charge is 0.128 e. The molecule has 1 aromatic rings. The monoisotopic (exact) mass is 281 g/mol. The van der Waals surface area contributed by atoms with E-state index >= 15 is 0 Å². The van der Waals surface area contributed by atoms with E-state index in [1.807, 2.05) is 6.92 Å². The molecule has 1 N–H and O–H groups in total. The molecular formula is C17H25F2N. The van der Waals surface area contributed by atoms with Crippen molar-refractivity contribution in [3.05, 3.63) is 34.9 Å². The fraction of sp³-hybridized carbons (Fsp3) is 0.647. The summed E-state index contributed by atoms with van der Waals surface area (Å²) in [5, 5.41) is 3.45. The minimum atomic E-state index is -0.333. The average molecular weight is 281 g/mol. The fourth-order valence-electron chi connectivity index (χ4n) is 3.00. The number of aryl methyl sites for hydroxylation is 1. The van der Waals surface area contributed by atoms with Gasteiger partial charge >= 0.3 is 0 Å². The Bertz CT molecular complexity index is 472. The van der Waals surface area contributed by atoms with Crippen LogP contribution < -0.4 is 5.32 Å². The summed E-state index contributed by atoms with van der Waals surface area (Å²) < 4.78 is 27.6. The lowest BCUT2D eigenvalue weighted by Crippen LogP contribution is -2.37. The summed E-state index contributed by atoms with van der Waals surface area (Å²) in [5.41, 5.74) is 1.21. The van der Waals surface area contributed by atoms with Crippen LogP contribution >= 0.6 is 0 Å². The van der Waals surface area contributed by atoms with Crippen LogP contribution in [0.3, 0.4) is 0 Å². The van der Waals surface area contributed by atoms with Gasteiger partial charge in [0.25, 0.3) is 0 Å². The second kappa shape index (κ2) is 5.80. The Hall–Kier alpha value is -0.960. The normalized spacial score (nSPS) is 20.9. The van der Waals surface area contributed by atoms with Gasteiger partial charge in [-0.15, -0.1) is 0 Å². The lowest BCUT2D eigenvalue weighted by molar-refractivity contribution is 0.199. The van der Waals surface area contributed by atoms with Crippen LogP contribution in [0, 0.1) is 24.0 Å². The standard InChI is InChI=1S/C17H25F2N/c1-11-9-16(19)14(10-15(11)18)12(2)20-13-5-7-17(3,4)8-6-13/h9-10,12-13,20H,5-8H2,1-4H3. The Morgan fingerprint density at radius 3 is 2.35 bits per heavy atom. The van der Waals surface area contributed by atoms with E-state index in [0.717, 1.165) is 12.8 Å². The summed E-state index contributed by atoms with van der Waals surface area (Å²) in [6.45, 7) is 8.08. The molecule has 0 radical (unpaired) electrons. The number of hydrogen-bond acceptors (Lipinski definition) is 1. The molecule has 0 bridgehead atoms. The van der Waals surface area contributed by atoms with Crippen LogP contribution in [-0.4, -0.2) is 6.04 Å². The summed E-state index contributed by atoms with van der Waals surface area (Å²) in [7, 11) is 0. The van der Waals surface area contributed by atoms with Gasteiger partial charge in [0.2, 0.25) is 0 Å². The van der Waals surface area contributed by atoms with E-state index in [2.05, 4.69) is 19.2 Å². The van der Waals surface area contributed by atoms with Crippen LogP contribution in [0.1, 0.15) is 63.6 Å². The maximum atomic E-state index is 14.0. The zero-order valence-corrected chi connectivity index (χ0v) is 12.9. The third-order valence-electron chi connectivity index (χ3n) is 4.57. The van der Waals surface area contributed by atoms with E-state index in [0.29, 0.717) is 22.6 Å². The van der Waals surface area contributed by atoms with Crippen LogP contribution in [0.15, 0.2) is 12.1 Å². The van der Waals surface area contributed by atoms with Gasteiger partial charge in [0, 0.05) is 17.6 Å². The predicted molar refractivity (Wildman–Crippen MR) is 78.7 cm³/mol. The molecule has 0 aromatic heterocycles. The molecule has 1 atom stereocenters. The Balaban J connectivity index is 2.02. The van der Waals surface area contributed by atoms with Crippen molar-refractivity contribution in [3.8, 4) is 0 Å². The van der Waals surface area contributed by atoms with E-state index in [1.54, 1.807) is 6.92 Å². The second-order valence-corrected chi connectivity index (χ2v) is 6.95. The minimum absolute atomic E-state index is 0.156. The largest absolute Gasteiger partial charge is 0.307 e. The highest BCUT2D eigenvalue weighted by Gasteiger charge is 2.28. The maximum Gasteiger partial charge on any atom is 0.128 e. The van der Waals surface area contributed by atoms with Gasteiger partial charge < -0.3 is 5.32 Å². The molecule has 1 aliphatic carbocycles. The average Bonchev–Trinajstić information content (AvgIpc) is 2.36. The number of nitrogens with one attached hydrogen (secondary N) is 1. The predicted octanol–water partition coefficient (Wildman–Crippen LogP) is 4.89. The lowest BCUT2D eigenvalue weighted by atomic mass is 9.75. The molecular weight excluding hydrogens is 256 g/mol. The molecule has 0 heterocycles. The highest BCUT2D eigenvalue weighted by atomic mass is 19.1. The first-order valence-electron chi connectivity index (χ1n) is 7.50. The first kappa shape index (κ1) is 15.4. The molecule has 1 aromatic carbocycles.